The number of thioether (sulfide) groups is 1. The van der Waals surface area contributed by atoms with Gasteiger partial charge < -0.3 is 5.32 Å². The maximum Gasteiger partial charge on any atom is 0.230 e. The SMILES string of the molecule is O=C(CSc1ncnc2c1sc1nc3ccccc3cc12)NCc1ccccc1. The number of para-hydroxylation sites is 1. The van der Waals surface area contributed by atoms with Crippen LogP contribution >= 0.6 is 23.1 Å². The molecule has 1 amide bonds. The molecule has 0 saturated heterocycles. The Bertz CT molecular complexity index is 1330. The van der Waals surface area contributed by atoms with Crippen LogP contribution in [0.1, 0.15) is 5.56 Å². The van der Waals surface area contributed by atoms with Gasteiger partial charge in [0.15, 0.2) is 0 Å². The van der Waals surface area contributed by atoms with Crippen LogP contribution in [0.2, 0.25) is 0 Å². The summed E-state index contributed by atoms with van der Waals surface area (Å²) in [5, 5.41) is 5.89. The lowest BCUT2D eigenvalue weighted by molar-refractivity contribution is -0.118. The van der Waals surface area contributed by atoms with Gasteiger partial charge in [0, 0.05) is 17.3 Å². The molecule has 3 heterocycles. The largest absolute Gasteiger partial charge is 0.351 e. The molecule has 29 heavy (non-hydrogen) atoms. The van der Waals surface area contributed by atoms with Crippen molar-refractivity contribution in [2.45, 2.75) is 11.6 Å². The summed E-state index contributed by atoms with van der Waals surface area (Å²) in [7, 11) is 0. The van der Waals surface area contributed by atoms with Gasteiger partial charge in [-0.3, -0.25) is 4.79 Å². The molecule has 0 radical (unpaired) electrons. The Morgan fingerprint density at radius 2 is 1.86 bits per heavy atom. The summed E-state index contributed by atoms with van der Waals surface area (Å²) in [6.07, 6.45) is 1.56. The van der Waals surface area contributed by atoms with Crippen LogP contribution in [0.15, 0.2) is 72.0 Å². The zero-order chi connectivity index (χ0) is 19.6. The normalized spacial score (nSPS) is 11.3. The minimum atomic E-state index is -0.0180. The van der Waals surface area contributed by atoms with Crippen molar-refractivity contribution >= 4 is 60.3 Å². The van der Waals surface area contributed by atoms with Crippen LogP contribution < -0.4 is 5.32 Å². The highest BCUT2D eigenvalue weighted by Crippen LogP contribution is 2.37. The van der Waals surface area contributed by atoms with E-state index in [1.54, 1.807) is 17.7 Å². The summed E-state index contributed by atoms with van der Waals surface area (Å²) in [5.41, 5.74) is 2.94. The number of carbonyl (C=O) groups excluding carboxylic acids is 1. The average molecular weight is 417 g/mol. The van der Waals surface area contributed by atoms with E-state index in [2.05, 4.69) is 27.4 Å². The van der Waals surface area contributed by atoms with Crippen LogP contribution in [0.4, 0.5) is 0 Å². The van der Waals surface area contributed by atoms with Crippen LogP contribution in [0, 0.1) is 0 Å². The maximum absolute atomic E-state index is 12.3. The predicted octanol–water partition coefficient (Wildman–Crippen LogP) is 4.80. The Morgan fingerprint density at radius 1 is 1.03 bits per heavy atom. The van der Waals surface area contributed by atoms with E-state index in [0.717, 1.165) is 41.9 Å². The van der Waals surface area contributed by atoms with Gasteiger partial charge in [0.25, 0.3) is 0 Å². The standard InChI is InChI=1S/C22H16N4OS2/c27-18(23-11-14-6-2-1-3-7-14)12-28-22-20-19(24-13-25-22)16-10-15-8-4-5-9-17(15)26-21(16)29-20/h1-10,13H,11-12H2,(H,23,27). The predicted molar refractivity (Wildman–Crippen MR) is 119 cm³/mol. The first-order chi connectivity index (χ1) is 14.3. The van der Waals surface area contributed by atoms with E-state index < -0.39 is 0 Å². The number of nitrogens with one attached hydrogen (secondary N) is 1. The van der Waals surface area contributed by atoms with E-state index >= 15 is 0 Å². The van der Waals surface area contributed by atoms with Crippen molar-refractivity contribution in [3.8, 4) is 0 Å². The topological polar surface area (TPSA) is 67.8 Å². The van der Waals surface area contributed by atoms with Gasteiger partial charge in [-0.1, -0.05) is 60.3 Å². The summed E-state index contributed by atoms with van der Waals surface area (Å²) < 4.78 is 0.978. The van der Waals surface area contributed by atoms with Crippen molar-refractivity contribution in [2.75, 3.05) is 5.75 Å². The Labute approximate surface area is 175 Å². The van der Waals surface area contributed by atoms with Crippen molar-refractivity contribution < 1.29 is 4.79 Å². The minimum absolute atomic E-state index is 0.0180. The second-order valence-electron chi connectivity index (χ2n) is 6.54. The molecule has 1 N–H and O–H groups in total. The Hall–Kier alpha value is -3.03. The minimum Gasteiger partial charge on any atom is -0.351 e. The fraction of sp³-hybridized carbons (Fsp3) is 0.0909. The first-order valence-corrected chi connectivity index (χ1v) is 10.9. The number of hydrogen-bond donors (Lipinski definition) is 1. The zero-order valence-electron chi connectivity index (χ0n) is 15.3. The first kappa shape index (κ1) is 18.0. The third-order valence-corrected chi connectivity index (χ3v) is 6.80. The van der Waals surface area contributed by atoms with Gasteiger partial charge in [-0.05, 0) is 17.7 Å². The lowest BCUT2D eigenvalue weighted by atomic mass is 10.2. The second kappa shape index (κ2) is 7.77. The maximum atomic E-state index is 12.3. The van der Waals surface area contributed by atoms with Crippen LogP contribution in [-0.2, 0) is 11.3 Å². The molecule has 0 spiro atoms. The van der Waals surface area contributed by atoms with E-state index in [0.29, 0.717) is 12.3 Å². The van der Waals surface area contributed by atoms with Gasteiger partial charge >= 0.3 is 0 Å². The summed E-state index contributed by atoms with van der Waals surface area (Å²) in [6.45, 7) is 0.527. The molecular formula is C22H16N4OS2. The second-order valence-corrected chi connectivity index (χ2v) is 8.51. The number of benzene rings is 2. The molecule has 2 aromatic carbocycles. The number of thiophene rings is 1. The smallest absolute Gasteiger partial charge is 0.230 e. The summed E-state index contributed by atoms with van der Waals surface area (Å²) in [4.78, 5) is 26.9. The van der Waals surface area contributed by atoms with Gasteiger partial charge in [-0.25, -0.2) is 15.0 Å². The third-order valence-electron chi connectivity index (χ3n) is 4.59. The first-order valence-electron chi connectivity index (χ1n) is 9.14. The molecular weight excluding hydrogens is 400 g/mol. The van der Waals surface area contributed by atoms with Crippen molar-refractivity contribution in [3.63, 3.8) is 0 Å². The van der Waals surface area contributed by atoms with Crippen LogP contribution in [-0.4, -0.2) is 26.6 Å². The number of amides is 1. The van der Waals surface area contributed by atoms with Crippen molar-refractivity contribution in [1.82, 2.24) is 20.3 Å². The Morgan fingerprint density at radius 3 is 2.76 bits per heavy atom. The molecule has 0 aliphatic carbocycles. The molecule has 0 fully saturated rings. The molecule has 3 aromatic heterocycles. The van der Waals surface area contributed by atoms with Crippen LogP contribution in [0.25, 0.3) is 31.3 Å². The number of fused-ring (bicyclic) bond motifs is 4. The number of hydrogen-bond acceptors (Lipinski definition) is 6. The van der Waals surface area contributed by atoms with Crippen molar-refractivity contribution in [1.29, 1.82) is 0 Å². The highest BCUT2D eigenvalue weighted by atomic mass is 32.2. The molecule has 0 saturated carbocycles. The van der Waals surface area contributed by atoms with E-state index in [4.69, 9.17) is 4.98 Å². The quantitative estimate of drug-likeness (QED) is 0.329. The van der Waals surface area contributed by atoms with E-state index in [1.807, 2.05) is 48.5 Å². The summed E-state index contributed by atoms with van der Waals surface area (Å²) in [5.74, 6) is 0.290. The molecule has 0 atom stereocenters. The summed E-state index contributed by atoms with van der Waals surface area (Å²) in [6, 6.07) is 20.1. The number of aromatic nitrogens is 3. The fourth-order valence-electron chi connectivity index (χ4n) is 3.17. The van der Waals surface area contributed by atoms with Crippen LogP contribution in [0.5, 0.6) is 0 Å². The Kier molecular flexibility index (Phi) is 4.83. The van der Waals surface area contributed by atoms with Gasteiger partial charge in [0.05, 0.1) is 21.5 Å². The van der Waals surface area contributed by atoms with E-state index in [-0.39, 0.29) is 5.91 Å². The van der Waals surface area contributed by atoms with Gasteiger partial charge in [-0.15, -0.1) is 11.3 Å². The average Bonchev–Trinajstić information content (AvgIpc) is 3.13. The number of carbonyl (C=O) groups is 1. The lowest BCUT2D eigenvalue weighted by Gasteiger charge is -2.05. The zero-order valence-corrected chi connectivity index (χ0v) is 17.0. The van der Waals surface area contributed by atoms with Crippen molar-refractivity contribution in [2.24, 2.45) is 0 Å². The van der Waals surface area contributed by atoms with Gasteiger partial charge in [0.1, 0.15) is 16.2 Å². The lowest BCUT2D eigenvalue weighted by Crippen LogP contribution is -2.24. The molecule has 0 unspecified atom stereocenters. The van der Waals surface area contributed by atoms with Crippen LogP contribution in [0.3, 0.4) is 0 Å². The number of nitrogens with zero attached hydrogens (tertiary/aromatic N) is 3. The summed E-state index contributed by atoms with van der Waals surface area (Å²) >= 11 is 3.01. The highest BCUT2D eigenvalue weighted by molar-refractivity contribution is 8.00. The van der Waals surface area contributed by atoms with Gasteiger partial charge in [-0.2, -0.15) is 0 Å². The molecule has 5 nitrogen and oxygen atoms in total. The molecule has 5 aromatic rings. The van der Waals surface area contributed by atoms with E-state index in [9.17, 15) is 4.79 Å². The Balaban J connectivity index is 1.38. The third kappa shape index (κ3) is 3.66. The van der Waals surface area contributed by atoms with E-state index in [1.165, 1.54) is 11.8 Å². The molecule has 142 valence electrons. The monoisotopic (exact) mass is 416 g/mol. The molecule has 7 heteroatoms. The number of rotatable bonds is 5. The fourth-order valence-corrected chi connectivity index (χ4v) is 5.19. The molecule has 5 rings (SSSR count). The van der Waals surface area contributed by atoms with Gasteiger partial charge in [0.2, 0.25) is 5.91 Å². The van der Waals surface area contributed by atoms with Crippen molar-refractivity contribution in [3.05, 3.63) is 72.6 Å². The number of pyridine rings is 1. The highest BCUT2D eigenvalue weighted by Gasteiger charge is 2.14. The molecule has 0 aliphatic heterocycles. The molecule has 0 aliphatic rings. The molecule has 0 bridgehead atoms.